The van der Waals surface area contributed by atoms with Crippen LogP contribution in [0, 0.1) is 0 Å². The highest BCUT2D eigenvalue weighted by Gasteiger charge is 2.06. The summed E-state index contributed by atoms with van der Waals surface area (Å²) in [6.07, 6.45) is 3.88. The Morgan fingerprint density at radius 3 is 2.56 bits per heavy atom. The normalized spacial score (nSPS) is 10.8. The molecule has 0 amide bonds. The van der Waals surface area contributed by atoms with Crippen LogP contribution in [-0.4, -0.2) is 16.7 Å². The molecule has 0 N–H and O–H groups in total. The summed E-state index contributed by atoms with van der Waals surface area (Å²) in [6.45, 7) is 0. The summed E-state index contributed by atoms with van der Waals surface area (Å²) in [7, 11) is 3.68. The summed E-state index contributed by atoms with van der Waals surface area (Å²) in [4.78, 5) is 4.40. The quantitative estimate of drug-likeness (QED) is 0.685. The van der Waals surface area contributed by atoms with Crippen LogP contribution < -0.4 is 4.74 Å². The third kappa shape index (κ3) is 1.64. The summed E-state index contributed by atoms with van der Waals surface area (Å²) < 4.78 is 7.21. The number of fused-ring (bicyclic) bond motifs is 1. The minimum atomic E-state index is 0.872. The van der Waals surface area contributed by atoms with Crippen molar-refractivity contribution in [2.75, 3.05) is 7.11 Å². The summed E-state index contributed by atoms with van der Waals surface area (Å²) in [5.41, 5.74) is 3.38. The van der Waals surface area contributed by atoms with Crippen LogP contribution in [-0.2, 0) is 7.05 Å². The van der Waals surface area contributed by atoms with E-state index in [0.717, 1.165) is 11.4 Å². The van der Waals surface area contributed by atoms with Crippen molar-refractivity contribution >= 4 is 11.0 Å². The van der Waals surface area contributed by atoms with E-state index in [1.165, 1.54) is 16.5 Å². The second-order valence-corrected chi connectivity index (χ2v) is 4.25. The average molecular weight is 238 g/mol. The van der Waals surface area contributed by atoms with Gasteiger partial charge in [-0.3, -0.25) is 0 Å². The van der Waals surface area contributed by atoms with Crippen molar-refractivity contribution in [1.29, 1.82) is 0 Å². The first-order valence-electron chi connectivity index (χ1n) is 5.84. The molecule has 90 valence electrons. The molecule has 3 aromatic rings. The molecule has 2 aromatic heterocycles. The molecule has 0 unspecified atom stereocenters. The van der Waals surface area contributed by atoms with E-state index in [1.54, 1.807) is 7.11 Å². The molecule has 3 rings (SSSR count). The molecule has 0 fully saturated rings. The molecule has 3 heteroatoms. The van der Waals surface area contributed by atoms with Gasteiger partial charge in [-0.1, -0.05) is 12.1 Å². The molecular formula is C15H14N2O. The number of benzene rings is 1. The lowest BCUT2D eigenvalue weighted by Crippen LogP contribution is -1.88. The van der Waals surface area contributed by atoms with Crippen LogP contribution in [0.1, 0.15) is 0 Å². The van der Waals surface area contributed by atoms with Gasteiger partial charge in [-0.05, 0) is 35.4 Å². The fraction of sp³-hybridized carbons (Fsp3) is 0.133. The number of nitrogens with zero attached hydrogens (tertiary/aromatic N) is 2. The first kappa shape index (κ1) is 10.8. The summed E-state index contributed by atoms with van der Waals surface area (Å²) >= 11 is 0. The highest BCUT2D eigenvalue weighted by molar-refractivity contribution is 5.93. The largest absolute Gasteiger partial charge is 0.497 e. The van der Waals surface area contributed by atoms with E-state index < -0.39 is 0 Å². The Hall–Kier alpha value is -2.29. The summed E-state index contributed by atoms with van der Waals surface area (Å²) in [6, 6.07) is 12.2. The molecule has 0 radical (unpaired) electrons. The van der Waals surface area contributed by atoms with Gasteiger partial charge in [-0.25, -0.2) is 4.98 Å². The van der Waals surface area contributed by atoms with Crippen molar-refractivity contribution in [3.63, 3.8) is 0 Å². The molecule has 2 heterocycles. The van der Waals surface area contributed by atoms with Crippen LogP contribution in [0.4, 0.5) is 0 Å². The highest BCUT2D eigenvalue weighted by atomic mass is 16.5. The fourth-order valence-electron chi connectivity index (χ4n) is 2.19. The molecule has 18 heavy (non-hydrogen) atoms. The molecule has 0 saturated heterocycles. The van der Waals surface area contributed by atoms with Crippen molar-refractivity contribution in [2.24, 2.45) is 7.05 Å². The van der Waals surface area contributed by atoms with Gasteiger partial charge in [0, 0.05) is 24.8 Å². The van der Waals surface area contributed by atoms with Gasteiger partial charge in [0.2, 0.25) is 0 Å². The lowest BCUT2D eigenvalue weighted by Gasteiger charge is -2.05. The Morgan fingerprint density at radius 1 is 1.06 bits per heavy atom. The van der Waals surface area contributed by atoms with Crippen LogP contribution in [0.3, 0.4) is 0 Å². The van der Waals surface area contributed by atoms with Crippen molar-refractivity contribution in [1.82, 2.24) is 9.55 Å². The van der Waals surface area contributed by atoms with Gasteiger partial charge >= 0.3 is 0 Å². The molecule has 0 spiro atoms. The average Bonchev–Trinajstić information content (AvgIpc) is 2.81. The molecule has 0 aliphatic carbocycles. The van der Waals surface area contributed by atoms with Gasteiger partial charge in [0.1, 0.15) is 11.4 Å². The Balaban J connectivity index is 2.18. The first-order chi connectivity index (χ1) is 8.79. The molecule has 0 bridgehead atoms. The van der Waals surface area contributed by atoms with Crippen molar-refractivity contribution in [3.8, 4) is 16.9 Å². The van der Waals surface area contributed by atoms with Gasteiger partial charge < -0.3 is 9.30 Å². The van der Waals surface area contributed by atoms with Crippen LogP contribution in [0.2, 0.25) is 0 Å². The van der Waals surface area contributed by atoms with Crippen molar-refractivity contribution < 1.29 is 4.74 Å². The van der Waals surface area contributed by atoms with E-state index in [9.17, 15) is 0 Å². The molecule has 0 atom stereocenters. The van der Waals surface area contributed by atoms with E-state index in [1.807, 2.05) is 42.2 Å². The van der Waals surface area contributed by atoms with Crippen LogP contribution in [0.15, 0.2) is 48.8 Å². The number of methoxy groups -OCH3 is 1. The van der Waals surface area contributed by atoms with Gasteiger partial charge in [-0.15, -0.1) is 0 Å². The minimum Gasteiger partial charge on any atom is -0.497 e. The van der Waals surface area contributed by atoms with Crippen molar-refractivity contribution in [3.05, 3.63) is 48.8 Å². The molecule has 3 nitrogen and oxygen atoms in total. The minimum absolute atomic E-state index is 0.872. The molecule has 1 aromatic carbocycles. The zero-order valence-electron chi connectivity index (χ0n) is 10.4. The van der Waals surface area contributed by atoms with E-state index >= 15 is 0 Å². The predicted octanol–water partition coefficient (Wildman–Crippen LogP) is 3.25. The smallest absolute Gasteiger partial charge is 0.140 e. The fourth-order valence-corrected chi connectivity index (χ4v) is 2.19. The maximum absolute atomic E-state index is 5.18. The van der Waals surface area contributed by atoms with E-state index in [-0.39, 0.29) is 0 Å². The topological polar surface area (TPSA) is 27.1 Å². The maximum atomic E-state index is 5.18. The molecule has 0 aliphatic rings. The molecule has 0 aliphatic heterocycles. The first-order valence-corrected chi connectivity index (χ1v) is 5.84. The van der Waals surface area contributed by atoms with Crippen molar-refractivity contribution in [2.45, 2.75) is 0 Å². The van der Waals surface area contributed by atoms with E-state index in [4.69, 9.17) is 4.74 Å². The molecule has 0 saturated carbocycles. The summed E-state index contributed by atoms with van der Waals surface area (Å²) in [5.74, 6) is 0.872. The second-order valence-electron chi connectivity index (χ2n) is 4.25. The van der Waals surface area contributed by atoms with Crippen LogP contribution >= 0.6 is 0 Å². The Bertz CT molecular complexity index is 683. The highest BCUT2D eigenvalue weighted by Crippen LogP contribution is 2.28. The zero-order chi connectivity index (χ0) is 12.5. The van der Waals surface area contributed by atoms with Crippen LogP contribution in [0.25, 0.3) is 22.2 Å². The monoisotopic (exact) mass is 238 g/mol. The lowest BCUT2D eigenvalue weighted by molar-refractivity contribution is 0.415. The zero-order valence-corrected chi connectivity index (χ0v) is 10.4. The lowest BCUT2D eigenvalue weighted by atomic mass is 10.0. The molecular weight excluding hydrogens is 224 g/mol. The third-order valence-electron chi connectivity index (χ3n) is 3.17. The SMILES string of the molecule is COc1ccc(-c2ccnc3c2ccn3C)cc1. The van der Waals surface area contributed by atoms with E-state index in [2.05, 4.69) is 23.2 Å². The van der Waals surface area contributed by atoms with Gasteiger partial charge in [0.15, 0.2) is 0 Å². The Labute approximate surface area is 106 Å². The number of hydrogen-bond donors (Lipinski definition) is 0. The number of aromatic nitrogens is 2. The number of pyridine rings is 1. The third-order valence-corrected chi connectivity index (χ3v) is 3.17. The Morgan fingerprint density at radius 2 is 1.83 bits per heavy atom. The standard InChI is InChI=1S/C15H14N2O/c1-17-10-8-14-13(7-9-16-15(14)17)11-3-5-12(18-2)6-4-11/h3-10H,1-2H3. The predicted molar refractivity (Wildman–Crippen MR) is 72.7 cm³/mol. The summed E-state index contributed by atoms with van der Waals surface area (Å²) in [5, 5.41) is 1.17. The van der Waals surface area contributed by atoms with Crippen LogP contribution in [0.5, 0.6) is 5.75 Å². The van der Waals surface area contributed by atoms with E-state index in [0.29, 0.717) is 0 Å². The van der Waals surface area contributed by atoms with Gasteiger partial charge in [0.25, 0.3) is 0 Å². The van der Waals surface area contributed by atoms with Gasteiger partial charge in [-0.2, -0.15) is 0 Å². The number of rotatable bonds is 2. The second kappa shape index (κ2) is 4.18. The maximum Gasteiger partial charge on any atom is 0.140 e. The Kier molecular flexibility index (Phi) is 2.52. The van der Waals surface area contributed by atoms with Gasteiger partial charge in [0.05, 0.1) is 7.11 Å². The number of ether oxygens (including phenoxy) is 1. The number of aryl methyl sites for hydroxylation is 1. The number of hydrogen-bond acceptors (Lipinski definition) is 2.